The topological polar surface area (TPSA) is 58.6 Å². The van der Waals surface area contributed by atoms with Crippen LogP contribution in [0.1, 0.15) is 32.6 Å². The summed E-state index contributed by atoms with van der Waals surface area (Å²) in [5.74, 6) is 2.48. The van der Waals surface area contributed by atoms with Gasteiger partial charge in [0.2, 0.25) is 11.8 Å². The zero-order valence-corrected chi connectivity index (χ0v) is 16.8. The molecule has 4 rings (SSSR count). The number of carbonyl (C=O) groups excluding carboxylic acids is 1. The van der Waals surface area contributed by atoms with Crippen LogP contribution in [0.3, 0.4) is 0 Å². The number of hydrogen-bond donors (Lipinski definition) is 0. The molecule has 7 heteroatoms. The first kappa shape index (κ1) is 19.0. The van der Waals surface area contributed by atoms with E-state index < -0.39 is 0 Å². The van der Waals surface area contributed by atoms with Crippen molar-refractivity contribution in [1.82, 2.24) is 14.9 Å². The number of amides is 1. The van der Waals surface area contributed by atoms with Crippen LogP contribution in [0, 0.1) is 5.92 Å². The van der Waals surface area contributed by atoms with E-state index in [1.54, 1.807) is 12.1 Å². The van der Waals surface area contributed by atoms with Crippen LogP contribution in [0.25, 0.3) is 0 Å². The summed E-state index contributed by atoms with van der Waals surface area (Å²) >= 11 is 6.01. The van der Waals surface area contributed by atoms with Gasteiger partial charge < -0.3 is 14.5 Å². The summed E-state index contributed by atoms with van der Waals surface area (Å²) in [5, 5.41) is 0.614. The number of piperazine rings is 1. The highest BCUT2D eigenvalue weighted by molar-refractivity contribution is 6.30. The predicted molar refractivity (Wildman–Crippen MR) is 109 cm³/mol. The minimum atomic E-state index is 0.161. The van der Waals surface area contributed by atoms with Gasteiger partial charge in [-0.25, -0.2) is 9.97 Å². The van der Waals surface area contributed by atoms with E-state index in [4.69, 9.17) is 16.3 Å². The summed E-state index contributed by atoms with van der Waals surface area (Å²) in [6.45, 7) is 4.36. The van der Waals surface area contributed by atoms with E-state index in [1.165, 1.54) is 19.2 Å². The van der Waals surface area contributed by atoms with E-state index in [0.29, 0.717) is 22.6 Å². The third kappa shape index (κ3) is 4.22. The van der Waals surface area contributed by atoms with Crippen molar-refractivity contribution < 1.29 is 9.53 Å². The van der Waals surface area contributed by atoms with Crippen molar-refractivity contribution in [1.29, 1.82) is 0 Å². The Morgan fingerprint density at radius 3 is 2.75 bits per heavy atom. The number of ether oxygens (including phenoxy) is 1. The summed E-state index contributed by atoms with van der Waals surface area (Å²) in [7, 11) is 0. The average Bonchev–Trinajstić information content (AvgIpc) is 3.22. The van der Waals surface area contributed by atoms with Crippen molar-refractivity contribution in [2.45, 2.75) is 38.6 Å². The second-order valence-corrected chi connectivity index (χ2v) is 8.02. The molecule has 1 aliphatic heterocycles. The Morgan fingerprint density at radius 1 is 1.18 bits per heavy atom. The van der Waals surface area contributed by atoms with Crippen LogP contribution >= 0.6 is 11.6 Å². The summed E-state index contributed by atoms with van der Waals surface area (Å²) in [4.78, 5) is 25.6. The van der Waals surface area contributed by atoms with E-state index in [9.17, 15) is 4.79 Å². The van der Waals surface area contributed by atoms with Crippen molar-refractivity contribution in [2.75, 3.05) is 24.5 Å². The molecule has 0 bridgehead atoms. The van der Waals surface area contributed by atoms with Crippen LogP contribution in [-0.4, -0.2) is 46.5 Å². The highest BCUT2D eigenvalue weighted by atomic mass is 35.5. The van der Waals surface area contributed by atoms with Gasteiger partial charge in [0.15, 0.2) is 0 Å². The molecular formula is C21H25ClN4O2. The van der Waals surface area contributed by atoms with Gasteiger partial charge in [-0.2, -0.15) is 0 Å². The highest BCUT2D eigenvalue weighted by Crippen LogP contribution is 2.29. The zero-order chi connectivity index (χ0) is 19.5. The van der Waals surface area contributed by atoms with Gasteiger partial charge in [0.1, 0.15) is 17.9 Å². The Bertz CT molecular complexity index is 841. The van der Waals surface area contributed by atoms with Crippen LogP contribution in [-0.2, 0) is 4.79 Å². The van der Waals surface area contributed by atoms with E-state index in [-0.39, 0.29) is 12.0 Å². The molecule has 2 fully saturated rings. The van der Waals surface area contributed by atoms with Crippen LogP contribution in [0.15, 0.2) is 36.7 Å². The molecule has 1 atom stereocenters. The molecule has 1 aliphatic carbocycles. The Morgan fingerprint density at radius 2 is 2.00 bits per heavy atom. The minimum absolute atomic E-state index is 0.161. The van der Waals surface area contributed by atoms with Crippen LogP contribution in [0.4, 0.5) is 5.82 Å². The van der Waals surface area contributed by atoms with Gasteiger partial charge >= 0.3 is 0 Å². The monoisotopic (exact) mass is 400 g/mol. The maximum absolute atomic E-state index is 12.8. The number of halogens is 1. The molecule has 1 aromatic heterocycles. The fraction of sp³-hybridized carbons (Fsp3) is 0.476. The summed E-state index contributed by atoms with van der Waals surface area (Å²) < 4.78 is 5.82. The first-order valence-corrected chi connectivity index (χ1v) is 10.3. The average molecular weight is 401 g/mol. The molecule has 1 saturated heterocycles. The van der Waals surface area contributed by atoms with E-state index in [2.05, 4.69) is 26.7 Å². The van der Waals surface area contributed by atoms with Crippen molar-refractivity contribution in [2.24, 2.45) is 5.92 Å². The lowest BCUT2D eigenvalue weighted by atomic mass is 10.0. The molecule has 0 radical (unpaired) electrons. The largest absolute Gasteiger partial charge is 0.439 e. The van der Waals surface area contributed by atoms with E-state index in [0.717, 1.165) is 38.3 Å². The standard InChI is InChI=1S/C21H25ClN4O2/c1-15-13-25(9-10-26(15)21(27)16-5-2-3-6-16)19-12-20(24-14-23-19)28-18-8-4-7-17(22)11-18/h4,7-8,11-12,14-16H,2-3,5-6,9-10,13H2,1H3/t15-/m0/s1. The van der Waals surface area contributed by atoms with Gasteiger partial charge in [0, 0.05) is 42.7 Å². The van der Waals surface area contributed by atoms with Gasteiger partial charge in [0.25, 0.3) is 0 Å². The number of aromatic nitrogens is 2. The third-order valence-corrected chi connectivity index (χ3v) is 5.82. The lowest BCUT2D eigenvalue weighted by Crippen LogP contribution is -2.55. The molecule has 0 spiro atoms. The molecule has 2 aliphatic rings. The van der Waals surface area contributed by atoms with Crippen molar-refractivity contribution in [3.8, 4) is 11.6 Å². The van der Waals surface area contributed by atoms with Crippen molar-refractivity contribution in [3.63, 3.8) is 0 Å². The predicted octanol–water partition coefficient (Wildman–Crippen LogP) is 4.15. The summed E-state index contributed by atoms with van der Waals surface area (Å²) in [6, 6.07) is 9.22. The molecule has 2 aromatic rings. The van der Waals surface area contributed by atoms with Gasteiger partial charge in [-0.1, -0.05) is 30.5 Å². The molecule has 0 N–H and O–H groups in total. The van der Waals surface area contributed by atoms with Crippen molar-refractivity contribution in [3.05, 3.63) is 41.7 Å². The number of benzene rings is 1. The molecule has 1 amide bonds. The Kier molecular flexibility index (Phi) is 5.67. The second-order valence-electron chi connectivity index (χ2n) is 7.58. The smallest absolute Gasteiger partial charge is 0.226 e. The first-order chi connectivity index (χ1) is 13.6. The zero-order valence-electron chi connectivity index (χ0n) is 16.1. The first-order valence-electron chi connectivity index (χ1n) is 9.91. The maximum atomic E-state index is 12.8. The number of hydrogen-bond acceptors (Lipinski definition) is 5. The van der Waals surface area contributed by atoms with Crippen LogP contribution < -0.4 is 9.64 Å². The van der Waals surface area contributed by atoms with Crippen molar-refractivity contribution >= 4 is 23.3 Å². The Balaban J connectivity index is 1.42. The van der Waals surface area contributed by atoms with Gasteiger partial charge in [-0.15, -0.1) is 0 Å². The molecule has 1 aromatic carbocycles. The Hall–Kier alpha value is -2.34. The molecular weight excluding hydrogens is 376 g/mol. The number of anilines is 1. The minimum Gasteiger partial charge on any atom is -0.439 e. The molecule has 1 saturated carbocycles. The molecule has 148 valence electrons. The van der Waals surface area contributed by atoms with E-state index in [1.807, 2.05) is 18.2 Å². The lowest BCUT2D eigenvalue weighted by Gasteiger charge is -2.41. The summed E-state index contributed by atoms with van der Waals surface area (Å²) in [5.41, 5.74) is 0. The lowest BCUT2D eigenvalue weighted by molar-refractivity contribution is -0.137. The second kappa shape index (κ2) is 8.35. The SMILES string of the molecule is C[C@H]1CN(c2cc(Oc3cccc(Cl)c3)ncn2)CCN1C(=O)C1CCCC1. The fourth-order valence-corrected chi connectivity index (χ4v) is 4.29. The van der Waals surface area contributed by atoms with Gasteiger partial charge in [-0.05, 0) is 38.0 Å². The van der Waals surface area contributed by atoms with Gasteiger partial charge in [0.05, 0.1) is 0 Å². The number of nitrogens with zero attached hydrogens (tertiary/aromatic N) is 4. The quantitative estimate of drug-likeness (QED) is 0.771. The number of rotatable bonds is 4. The van der Waals surface area contributed by atoms with E-state index >= 15 is 0 Å². The molecule has 28 heavy (non-hydrogen) atoms. The van der Waals surface area contributed by atoms with Gasteiger partial charge in [-0.3, -0.25) is 4.79 Å². The third-order valence-electron chi connectivity index (χ3n) is 5.59. The maximum Gasteiger partial charge on any atom is 0.226 e. The highest BCUT2D eigenvalue weighted by Gasteiger charge is 2.33. The molecule has 6 nitrogen and oxygen atoms in total. The Labute approximate surface area is 170 Å². The van der Waals surface area contributed by atoms with Crippen LogP contribution in [0.5, 0.6) is 11.6 Å². The van der Waals surface area contributed by atoms with Crippen LogP contribution in [0.2, 0.25) is 5.02 Å². The summed E-state index contributed by atoms with van der Waals surface area (Å²) in [6.07, 6.45) is 5.96. The molecule has 2 heterocycles. The fourth-order valence-electron chi connectivity index (χ4n) is 4.11. The normalized spacial score (nSPS) is 20.4. The molecule has 0 unspecified atom stereocenters. The number of carbonyl (C=O) groups is 1.